The first-order valence-electron chi connectivity index (χ1n) is 9.68. The number of benzene rings is 1. The lowest BCUT2D eigenvalue weighted by Crippen LogP contribution is -2.33. The van der Waals surface area contributed by atoms with Crippen LogP contribution in [0.1, 0.15) is 38.8 Å². The summed E-state index contributed by atoms with van der Waals surface area (Å²) in [4.78, 5) is 30.3. The quantitative estimate of drug-likeness (QED) is 0.654. The number of carbonyl (C=O) groups is 1. The van der Waals surface area contributed by atoms with Gasteiger partial charge in [-0.3, -0.25) is 19.1 Å². The van der Waals surface area contributed by atoms with Gasteiger partial charge < -0.3 is 0 Å². The van der Waals surface area contributed by atoms with Gasteiger partial charge in [-0.2, -0.15) is 5.26 Å². The minimum Gasteiger partial charge on any atom is -0.293 e. The van der Waals surface area contributed by atoms with E-state index in [0.29, 0.717) is 14.9 Å². The first kappa shape index (κ1) is 21.4. The lowest BCUT2D eigenvalue weighted by Gasteiger charge is -2.15. The van der Waals surface area contributed by atoms with Crippen molar-refractivity contribution >= 4 is 28.8 Å². The second kappa shape index (κ2) is 8.60. The summed E-state index contributed by atoms with van der Waals surface area (Å²) in [6.45, 7) is 7.36. The molecule has 2 heterocycles. The Kier molecular flexibility index (Phi) is 6.14. The highest BCUT2D eigenvalue weighted by Crippen LogP contribution is 2.20. The number of aromatic nitrogens is 2. The number of pyridine rings is 1. The van der Waals surface area contributed by atoms with Gasteiger partial charge >= 0.3 is 0 Å². The molecule has 0 N–H and O–H groups in total. The van der Waals surface area contributed by atoms with Crippen LogP contribution >= 0.6 is 11.3 Å². The van der Waals surface area contributed by atoms with E-state index < -0.39 is 5.41 Å². The summed E-state index contributed by atoms with van der Waals surface area (Å²) in [5, 5.41) is 9.82. The number of carbonyl (C=O) groups excluding carboxylic acids is 1. The van der Waals surface area contributed by atoms with Crippen LogP contribution in [0.25, 0.3) is 17.3 Å². The maximum absolute atomic E-state index is 13.3. The highest BCUT2D eigenvalue weighted by Gasteiger charge is 2.27. The summed E-state index contributed by atoms with van der Waals surface area (Å²) in [7, 11) is 0. The Morgan fingerprint density at radius 3 is 2.33 bits per heavy atom. The second-order valence-electron chi connectivity index (χ2n) is 7.92. The molecular weight excluding hydrogens is 394 g/mol. The number of Topliss-reactive ketones (excluding diaryl/α,β-unsaturated/α-hetero) is 1. The average Bonchev–Trinajstić information content (AvgIpc) is 3.04. The molecule has 0 atom stereocenters. The van der Waals surface area contributed by atoms with E-state index in [4.69, 9.17) is 0 Å². The molecule has 0 saturated heterocycles. The third-order valence-corrected chi connectivity index (χ3v) is 5.76. The first-order chi connectivity index (χ1) is 14.3. The van der Waals surface area contributed by atoms with Crippen LogP contribution in [-0.4, -0.2) is 15.3 Å². The van der Waals surface area contributed by atoms with E-state index in [1.807, 2.05) is 24.3 Å². The Hall–Kier alpha value is -3.30. The number of nitriles is 1. The normalized spacial score (nSPS) is 13.1. The van der Waals surface area contributed by atoms with E-state index in [0.717, 1.165) is 28.9 Å². The molecule has 0 radical (unpaired) electrons. The molecule has 0 aliphatic heterocycles. The van der Waals surface area contributed by atoms with Crippen molar-refractivity contribution in [1.29, 1.82) is 5.26 Å². The molecule has 0 saturated carbocycles. The standard InChI is InChI=1S/C24H23N3O2S/c1-5-16-6-8-18(9-7-16)27-22(29)20(14-17-10-12-26-13-11-17)30-23(27)19(15-25)21(28)24(2,3)4/h6-14H,5H2,1-4H3. The fraction of sp³-hybridized carbons (Fsp3) is 0.250. The third-order valence-electron chi connectivity index (χ3n) is 4.66. The molecule has 2 aromatic heterocycles. The van der Waals surface area contributed by atoms with Crippen molar-refractivity contribution in [2.24, 2.45) is 5.41 Å². The zero-order valence-corrected chi connectivity index (χ0v) is 18.3. The van der Waals surface area contributed by atoms with Gasteiger partial charge in [0.25, 0.3) is 5.56 Å². The zero-order chi connectivity index (χ0) is 21.9. The minimum absolute atomic E-state index is 0.00135. The van der Waals surface area contributed by atoms with Gasteiger partial charge in [-0.05, 0) is 47.9 Å². The molecular formula is C24H23N3O2S. The van der Waals surface area contributed by atoms with E-state index in [-0.39, 0.29) is 16.9 Å². The van der Waals surface area contributed by atoms with Crippen LogP contribution in [-0.2, 0) is 11.2 Å². The monoisotopic (exact) mass is 417 g/mol. The van der Waals surface area contributed by atoms with Crippen molar-refractivity contribution in [1.82, 2.24) is 9.55 Å². The largest absolute Gasteiger partial charge is 0.293 e. The fourth-order valence-corrected chi connectivity index (χ4v) is 4.05. The Bertz CT molecular complexity index is 1290. The summed E-state index contributed by atoms with van der Waals surface area (Å²) in [5.74, 6) is -0.291. The van der Waals surface area contributed by atoms with Crippen LogP contribution in [0.2, 0.25) is 0 Å². The van der Waals surface area contributed by atoms with Crippen LogP contribution in [0.15, 0.2) is 53.6 Å². The summed E-state index contributed by atoms with van der Waals surface area (Å²) >= 11 is 1.16. The summed E-state index contributed by atoms with van der Waals surface area (Å²) < 4.78 is 2.27. The smallest absolute Gasteiger partial charge is 0.273 e. The Balaban J connectivity index is 2.41. The van der Waals surface area contributed by atoms with Gasteiger partial charge in [0.2, 0.25) is 0 Å². The van der Waals surface area contributed by atoms with Crippen molar-refractivity contribution in [3.63, 3.8) is 0 Å². The summed E-state index contributed by atoms with van der Waals surface area (Å²) in [6.07, 6.45) is 5.94. The van der Waals surface area contributed by atoms with Crippen LogP contribution < -0.4 is 14.8 Å². The van der Waals surface area contributed by atoms with Gasteiger partial charge in [0.1, 0.15) is 16.3 Å². The maximum Gasteiger partial charge on any atom is 0.273 e. The van der Waals surface area contributed by atoms with Crippen LogP contribution in [0.4, 0.5) is 0 Å². The van der Waals surface area contributed by atoms with Crippen LogP contribution in [0.3, 0.4) is 0 Å². The van der Waals surface area contributed by atoms with Crippen molar-refractivity contribution in [2.45, 2.75) is 34.1 Å². The predicted molar refractivity (Wildman–Crippen MR) is 120 cm³/mol. The van der Waals surface area contributed by atoms with Gasteiger partial charge in [0, 0.05) is 17.8 Å². The van der Waals surface area contributed by atoms with Gasteiger partial charge in [-0.25, -0.2) is 0 Å². The van der Waals surface area contributed by atoms with Gasteiger partial charge in [0.15, 0.2) is 5.78 Å². The Labute approximate surface area is 179 Å². The van der Waals surface area contributed by atoms with Crippen molar-refractivity contribution < 1.29 is 4.79 Å². The highest BCUT2D eigenvalue weighted by molar-refractivity contribution is 7.07. The molecule has 3 aromatic rings. The molecule has 0 bridgehead atoms. The number of ketones is 1. The molecule has 152 valence electrons. The maximum atomic E-state index is 13.3. The van der Waals surface area contributed by atoms with E-state index in [1.165, 1.54) is 4.57 Å². The van der Waals surface area contributed by atoms with Crippen molar-refractivity contribution in [3.05, 3.63) is 79.5 Å². The highest BCUT2D eigenvalue weighted by atomic mass is 32.1. The predicted octanol–water partition coefficient (Wildman–Crippen LogP) is 2.97. The molecule has 0 amide bonds. The van der Waals surface area contributed by atoms with Crippen LogP contribution in [0.5, 0.6) is 0 Å². The number of rotatable bonds is 4. The van der Waals surface area contributed by atoms with E-state index in [2.05, 4.69) is 18.0 Å². The average molecular weight is 418 g/mol. The van der Waals surface area contributed by atoms with Gasteiger partial charge in [-0.1, -0.05) is 39.8 Å². The Morgan fingerprint density at radius 2 is 1.80 bits per heavy atom. The molecule has 6 heteroatoms. The molecule has 0 aliphatic carbocycles. The Morgan fingerprint density at radius 1 is 1.17 bits per heavy atom. The molecule has 0 aliphatic rings. The minimum atomic E-state index is -0.739. The molecule has 0 spiro atoms. The topological polar surface area (TPSA) is 75.8 Å². The molecule has 0 fully saturated rings. The number of hydrogen-bond acceptors (Lipinski definition) is 5. The number of aryl methyl sites for hydroxylation is 1. The molecule has 5 nitrogen and oxygen atoms in total. The second-order valence-corrected chi connectivity index (χ2v) is 8.95. The lowest BCUT2D eigenvalue weighted by molar-refractivity contribution is -0.120. The van der Waals surface area contributed by atoms with E-state index >= 15 is 0 Å². The van der Waals surface area contributed by atoms with E-state index in [1.54, 1.807) is 51.4 Å². The fourth-order valence-electron chi connectivity index (χ4n) is 2.95. The van der Waals surface area contributed by atoms with Gasteiger partial charge in [0.05, 0.1) is 10.2 Å². The molecule has 3 rings (SSSR count). The van der Waals surface area contributed by atoms with Crippen molar-refractivity contribution in [3.8, 4) is 11.8 Å². The number of nitrogens with zero attached hydrogens (tertiary/aromatic N) is 3. The first-order valence-corrected chi connectivity index (χ1v) is 10.5. The number of hydrogen-bond donors (Lipinski definition) is 0. The summed E-state index contributed by atoms with van der Waals surface area (Å²) in [5.41, 5.74) is 1.60. The van der Waals surface area contributed by atoms with E-state index in [9.17, 15) is 14.9 Å². The SMILES string of the molecule is CCc1ccc(-n2c(=C(C#N)C(=O)C(C)(C)C)sc(=Cc3ccncc3)c2=O)cc1. The lowest BCUT2D eigenvalue weighted by atomic mass is 9.87. The summed E-state index contributed by atoms with van der Waals surface area (Å²) in [6, 6.07) is 13.3. The number of thiazole rings is 1. The zero-order valence-electron chi connectivity index (χ0n) is 17.5. The van der Waals surface area contributed by atoms with Gasteiger partial charge in [-0.15, -0.1) is 11.3 Å². The van der Waals surface area contributed by atoms with Crippen LogP contribution in [0, 0.1) is 16.7 Å². The molecule has 1 aromatic carbocycles. The third kappa shape index (κ3) is 4.32. The molecule has 0 unspecified atom stereocenters. The molecule has 30 heavy (non-hydrogen) atoms. The van der Waals surface area contributed by atoms with Crippen molar-refractivity contribution in [2.75, 3.05) is 0 Å².